The Balaban J connectivity index is 1.60. The van der Waals surface area contributed by atoms with Gasteiger partial charge < -0.3 is 24.6 Å². The minimum absolute atomic E-state index is 0.210. The molecule has 0 radical (unpaired) electrons. The zero-order chi connectivity index (χ0) is 15.4. The summed E-state index contributed by atoms with van der Waals surface area (Å²) in [4.78, 5) is 15.6. The van der Waals surface area contributed by atoms with Gasteiger partial charge in [0.05, 0.1) is 0 Å². The number of carbonyl (C=O) groups excluding carboxylic acids is 1. The number of hydrogen-bond donors (Lipinski definition) is 2. The quantitative estimate of drug-likeness (QED) is 0.864. The van der Waals surface area contributed by atoms with E-state index in [0.29, 0.717) is 42.7 Å². The third-order valence-corrected chi connectivity index (χ3v) is 3.06. The molecule has 1 aromatic carbocycles. The number of ether oxygens (including phenoxy) is 2. The number of urea groups is 1. The molecule has 2 heterocycles. The topological polar surface area (TPSA) is 98.5 Å². The van der Waals surface area contributed by atoms with E-state index in [4.69, 9.17) is 14.0 Å². The van der Waals surface area contributed by atoms with E-state index in [9.17, 15) is 4.79 Å². The Hall–Kier alpha value is -2.77. The molecular formula is C14H16N4O4. The van der Waals surface area contributed by atoms with Crippen LogP contribution in [0.5, 0.6) is 11.5 Å². The predicted octanol–water partition coefficient (Wildman–Crippen LogP) is 1.33. The van der Waals surface area contributed by atoms with Crippen LogP contribution >= 0.6 is 0 Å². The minimum Gasteiger partial charge on any atom is -0.454 e. The van der Waals surface area contributed by atoms with Gasteiger partial charge in [-0.15, -0.1) is 0 Å². The number of rotatable bonds is 5. The van der Waals surface area contributed by atoms with Gasteiger partial charge in [-0.3, -0.25) is 0 Å². The number of nitrogens with zero attached hydrogens (tertiary/aromatic N) is 2. The summed E-state index contributed by atoms with van der Waals surface area (Å²) < 4.78 is 15.8. The standard InChI is InChI=1S/C14H16N4O4/c1-2-15-14(19)16-6-5-12-17-13(18-22-12)9-3-4-10-11(7-9)21-8-20-10/h3-4,7H,2,5-6,8H2,1H3,(H2,15,16,19). The van der Waals surface area contributed by atoms with E-state index in [1.165, 1.54) is 0 Å². The summed E-state index contributed by atoms with van der Waals surface area (Å²) >= 11 is 0. The molecule has 0 atom stereocenters. The van der Waals surface area contributed by atoms with Crippen LogP contribution < -0.4 is 20.1 Å². The van der Waals surface area contributed by atoms with Gasteiger partial charge in [-0.05, 0) is 25.1 Å². The van der Waals surface area contributed by atoms with Crippen molar-refractivity contribution in [2.75, 3.05) is 19.9 Å². The van der Waals surface area contributed by atoms with Crippen LogP contribution in [0.3, 0.4) is 0 Å². The van der Waals surface area contributed by atoms with Crippen LogP contribution in [-0.2, 0) is 6.42 Å². The number of hydrogen-bond acceptors (Lipinski definition) is 6. The zero-order valence-electron chi connectivity index (χ0n) is 12.1. The second kappa shape index (κ2) is 6.33. The molecule has 0 unspecified atom stereocenters. The molecule has 1 aromatic heterocycles. The predicted molar refractivity (Wildman–Crippen MR) is 76.6 cm³/mol. The Kier molecular flexibility index (Phi) is 4.08. The first-order chi connectivity index (χ1) is 10.8. The average molecular weight is 304 g/mol. The average Bonchev–Trinajstić information content (AvgIpc) is 3.15. The Bertz CT molecular complexity index is 671. The highest BCUT2D eigenvalue weighted by molar-refractivity contribution is 5.73. The van der Waals surface area contributed by atoms with Crippen molar-refractivity contribution in [3.63, 3.8) is 0 Å². The highest BCUT2D eigenvalue weighted by Gasteiger charge is 2.16. The van der Waals surface area contributed by atoms with Crippen molar-refractivity contribution >= 4 is 6.03 Å². The van der Waals surface area contributed by atoms with Gasteiger partial charge in [0.2, 0.25) is 18.5 Å². The first-order valence-corrected chi connectivity index (χ1v) is 7.00. The van der Waals surface area contributed by atoms with Gasteiger partial charge in [0.1, 0.15) is 0 Å². The molecule has 0 fully saturated rings. The summed E-state index contributed by atoms with van der Waals surface area (Å²) in [6.45, 7) is 3.09. The van der Waals surface area contributed by atoms with E-state index in [1.807, 2.05) is 25.1 Å². The highest BCUT2D eigenvalue weighted by atomic mass is 16.7. The van der Waals surface area contributed by atoms with Crippen molar-refractivity contribution in [2.45, 2.75) is 13.3 Å². The molecule has 1 aliphatic heterocycles. The van der Waals surface area contributed by atoms with Crippen molar-refractivity contribution in [2.24, 2.45) is 0 Å². The van der Waals surface area contributed by atoms with Gasteiger partial charge in [0.15, 0.2) is 11.5 Å². The SMILES string of the molecule is CCNC(=O)NCCc1nc(-c2ccc3c(c2)OCO3)no1. The first-order valence-electron chi connectivity index (χ1n) is 7.00. The molecule has 0 saturated heterocycles. The third kappa shape index (κ3) is 3.11. The number of nitrogens with one attached hydrogen (secondary N) is 2. The fourth-order valence-electron chi connectivity index (χ4n) is 2.02. The maximum Gasteiger partial charge on any atom is 0.314 e. The van der Waals surface area contributed by atoms with Crippen molar-refractivity contribution < 1.29 is 18.8 Å². The van der Waals surface area contributed by atoms with Gasteiger partial charge in [-0.25, -0.2) is 4.79 Å². The summed E-state index contributed by atoms with van der Waals surface area (Å²) in [5.41, 5.74) is 0.788. The summed E-state index contributed by atoms with van der Waals surface area (Å²) in [6.07, 6.45) is 0.467. The van der Waals surface area contributed by atoms with E-state index in [0.717, 1.165) is 5.56 Å². The molecule has 2 amide bonds. The van der Waals surface area contributed by atoms with E-state index in [2.05, 4.69) is 20.8 Å². The summed E-state index contributed by atoms with van der Waals surface area (Å²) in [6, 6.07) is 5.25. The molecular weight excluding hydrogens is 288 g/mol. The summed E-state index contributed by atoms with van der Waals surface area (Å²) in [5, 5.41) is 9.28. The van der Waals surface area contributed by atoms with E-state index in [-0.39, 0.29) is 12.8 Å². The summed E-state index contributed by atoms with van der Waals surface area (Å²) in [5.74, 6) is 2.32. The molecule has 1 aliphatic rings. The molecule has 8 heteroatoms. The van der Waals surface area contributed by atoms with Gasteiger partial charge >= 0.3 is 6.03 Å². The molecule has 116 valence electrons. The second-order valence-electron chi connectivity index (χ2n) is 4.62. The van der Waals surface area contributed by atoms with Crippen LogP contribution in [0.4, 0.5) is 4.79 Å². The minimum atomic E-state index is -0.210. The lowest BCUT2D eigenvalue weighted by atomic mass is 10.2. The molecule has 2 aromatic rings. The van der Waals surface area contributed by atoms with Crippen molar-refractivity contribution in [1.29, 1.82) is 0 Å². The lowest BCUT2D eigenvalue weighted by molar-refractivity contribution is 0.174. The smallest absolute Gasteiger partial charge is 0.314 e. The zero-order valence-corrected chi connectivity index (χ0v) is 12.1. The number of fused-ring (bicyclic) bond motifs is 1. The fourth-order valence-corrected chi connectivity index (χ4v) is 2.02. The Morgan fingerprint density at radius 1 is 1.27 bits per heavy atom. The maximum atomic E-state index is 11.3. The third-order valence-electron chi connectivity index (χ3n) is 3.06. The largest absolute Gasteiger partial charge is 0.454 e. The Morgan fingerprint density at radius 2 is 2.14 bits per heavy atom. The van der Waals surface area contributed by atoms with E-state index in [1.54, 1.807) is 0 Å². The van der Waals surface area contributed by atoms with E-state index < -0.39 is 0 Å². The Labute approximate surface area is 126 Å². The van der Waals surface area contributed by atoms with Crippen molar-refractivity contribution in [1.82, 2.24) is 20.8 Å². The van der Waals surface area contributed by atoms with Crippen LogP contribution in [0.25, 0.3) is 11.4 Å². The van der Waals surface area contributed by atoms with Gasteiger partial charge in [-0.2, -0.15) is 4.98 Å². The van der Waals surface area contributed by atoms with Crippen molar-refractivity contribution in [3.8, 4) is 22.9 Å². The van der Waals surface area contributed by atoms with Gasteiger partial charge in [-0.1, -0.05) is 5.16 Å². The first kappa shape index (κ1) is 14.2. The molecule has 3 rings (SSSR count). The molecule has 22 heavy (non-hydrogen) atoms. The number of benzene rings is 1. The molecule has 8 nitrogen and oxygen atoms in total. The van der Waals surface area contributed by atoms with E-state index >= 15 is 0 Å². The van der Waals surface area contributed by atoms with Gasteiger partial charge in [0.25, 0.3) is 0 Å². The second-order valence-corrected chi connectivity index (χ2v) is 4.62. The molecule has 0 bridgehead atoms. The Morgan fingerprint density at radius 3 is 3.00 bits per heavy atom. The van der Waals surface area contributed by atoms with Crippen LogP contribution in [0, 0.1) is 0 Å². The number of carbonyl (C=O) groups is 1. The fraction of sp³-hybridized carbons (Fsp3) is 0.357. The number of amides is 2. The maximum absolute atomic E-state index is 11.3. The lowest BCUT2D eigenvalue weighted by Gasteiger charge is -2.02. The van der Waals surface area contributed by atoms with Crippen LogP contribution in [0.15, 0.2) is 22.7 Å². The molecule has 0 saturated carbocycles. The normalized spacial score (nSPS) is 12.2. The molecule has 0 spiro atoms. The van der Waals surface area contributed by atoms with Crippen LogP contribution in [0.1, 0.15) is 12.8 Å². The molecule has 0 aliphatic carbocycles. The van der Waals surface area contributed by atoms with Crippen LogP contribution in [0.2, 0.25) is 0 Å². The number of aromatic nitrogens is 2. The highest BCUT2D eigenvalue weighted by Crippen LogP contribution is 2.35. The summed E-state index contributed by atoms with van der Waals surface area (Å²) in [7, 11) is 0. The van der Waals surface area contributed by atoms with Gasteiger partial charge in [0, 0.05) is 25.1 Å². The lowest BCUT2D eigenvalue weighted by Crippen LogP contribution is -2.36. The molecule has 2 N–H and O–H groups in total. The monoisotopic (exact) mass is 304 g/mol. The van der Waals surface area contributed by atoms with Crippen LogP contribution in [-0.4, -0.2) is 36.1 Å². The van der Waals surface area contributed by atoms with Crippen molar-refractivity contribution in [3.05, 3.63) is 24.1 Å².